The highest BCUT2D eigenvalue weighted by Gasteiger charge is 2.30. The number of phenolic OH excluding ortho intramolecular Hbond substituents is 2. The third kappa shape index (κ3) is 14.2. The van der Waals surface area contributed by atoms with Crippen molar-refractivity contribution in [2.24, 2.45) is 11.8 Å². The van der Waals surface area contributed by atoms with Gasteiger partial charge in [-0.05, 0) is 137 Å². The lowest BCUT2D eigenvalue weighted by molar-refractivity contribution is -0.165. The Hall–Kier alpha value is -4.82. The maximum atomic E-state index is 10.6. The van der Waals surface area contributed by atoms with E-state index in [0.29, 0.717) is 0 Å². The van der Waals surface area contributed by atoms with Gasteiger partial charge in [0.25, 0.3) is 0 Å². The van der Waals surface area contributed by atoms with E-state index in [2.05, 4.69) is 84.3 Å². The number of piperidine rings is 2. The lowest BCUT2D eigenvalue weighted by Crippen LogP contribution is -2.43. The van der Waals surface area contributed by atoms with Crippen LogP contribution in [0.1, 0.15) is 74.0 Å². The van der Waals surface area contributed by atoms with Gasteiger partial charge in [0, 0.05) is 12.1 Å². The highest BCUT2D eigenvalue weighted by atomic mass is 16.4. The molecule has 0 unspecified atom stereocenters. The van der Waals surface area contributed by atoms with Crippen LogP contribution in [0, 0.1) is 11.8 Å². The normalized spacial score (nSPS) is 18.5. The van der Waals surface area contributed by atoms with E-state index in [1.54, 1.807) is 48.5 Å². The van der Waals surface area contributed by atoms with Gasteiger partial charge in [-0.1, -0.05) is 84.9 Å². The summed E-state index contributed by atoms with van der Waals surface area (Å²) in [5.74, 6) is -1.59. The van der Waals surface area contributed by atoms with E-state index in [0.717, 1.165) is 62.0 Å². The third-order valence-corrected chi connectivity index (χ3v) is 11.4. The molecule has 2 fully saturated rings. The molecular formula is C46H60N2O10. The first-order chi connectivity index (χ1) is 27.7. The van der Waals surface area contributed by atoms with Crippen LogP contribution in [0.15, 0.2) is 109 Å². The van der Waals surface area contributed by atoms with Crippen LogP contribution in [-0.2, 0) is 22.4 Å². The number of aromatic hydroxyl groups is 2. The highest BCUT2D eigenvalue weighted by molar-refractivity contribution is 5.83. The summed E-state index contributed by atoms with van der Waals surface area (Å²) in [6.07, 6.45) is 1.47. The van der Waals surface area contributed by atoms with Crippen molar-refractivity contribution in [1.82, 2.24) is 9.80 Å². The fourth-order valence-electron chi connectivity index (χ4n) is 7.59. The van der Waals surface area contributed by atoms with Crippen LogP contribution >= 0.6 is 0 Å². The topological polar surface area (TPSA) is 202 Å². The fraction of sp³-hybridized carbons (Fsp3) is 0.435. The van der Waals surface area contributed by atoms with Gasteiger partial charge in [0.15, 0.2) is 12.2 Å². The SMILES string of the molecule is C[C@@H]([C@H](O)c1ccc(O)cc1)N1CCC(Cc2ccccc2)CC1.C[C@@H]([C@H](O)c1ccc(O)cc1)N1CCC(Cc2ccccc2)CC1.O=C(O)[C@H](O)[C@@H](O)C(=O)O. The molecule has 6 atom stereocenters. The van der Waals surface area contributed by atoms with Crippen LogP contribution in [0.4, 0.5) is 0 Å². The van der Waals surface area contributed by atoms with E-state index >= 15 is 0 Å². The number of carboxylic acid groups (broad SMARTS) is 2. The maximum Gasteiger partial charge on any atom is 0.335 e. The van der Waals surface area contributed by atoms with E-state index in [1.807, 2.05) is 0 Å². The number of rotatable bonds is 13. The van der Waals surface area contributed by atoms with Crippen LogP contribution in [0.25, 0.3) is 0 Å². The Labute approximate surface area is 341 Å². The van der Waals surface area contributed by atoms with Crippen molar-refractivity contribution in [3.63, 3.8) is 0 Å². The zero-order valence-electron chi connectivity index (χ0n) is 33.4. The zero-order chi connectivity index (χ0) is 42.2. The summed E-state index contributed by atoms with van der Waals surface area (Å²) in [5, 5.41) is 72.5. The second kappa shape index (κ2) is 22.9. The maximum absolute atomic E-state index is 10.6. The molecule has 4 aromatic rings. The van der Waals surface area contributed by atoms with Gasteiger partial charge in [0.1, 0.15) is 11.5 Å². The molecule has 4 aromatic carbocycles. The average Bonchev–Trinajstić information content (AvgIpc) is 3.24. The van der Waals surface area contributed by atoms with Gasteiger partial charge in [-0.15, -0.1) is 0 Å². The Morgan fingerprint density at radius 1 is 0.517 bits per heavy atom. The number of aliphatic hydroxyl groups excluding tert-OH is 4. The summed E-state index contributed by atoms with van der Waals surface area (Å²) < 4.78 is 0. The molecular weight excluding hydrogens is 741 g/mol. The van der Waals surface area contributed by atoms with E-state index in [1.165, 1.54) is 36.8 Å². The molecule has 0 aromatic heterocycles. The van der Waals surface area contributed by atoms with Crippen molar-refractivity contribution < 1.29 is 50.4 Å². The van der Waals surface area contributed by atoms with Gasteiger partial charge in [0.2, 0.25) is 0 Å². The highest BCUT2D eigenvalue weighted by Crippen LogP contribution is 2.30. The molecule has 12 heteroatoms. The molecule has 2 aliphatic heterocycles. The second-order valence-corrected chi connectivity index (χ2v) is 15.5. The summed E-state index contributed by atoms with van der Waals surface area (Å²) in [5.41, 5.74) is 4.58. The molecule has 0 bridgehead atoms. The summed E-state index contributed by atoms with van der Waals surface area (Å²) in [6.45, 7) is 8.33. The molecule has 0 amide bonds. The molecule has 2 heterocycles. The number of phenols is 2. The Kier molecular flexibility index (Phi) is 18.1. The predicted octanol–water partition coefficient (Wildman–Crippen LogP) is 5.42. The van der Waals surface area contributed by atoms with Gasteiger partial charge in [-0.3, -0.25) is 9.80 Å². The molecule has 6 rings (SSSR count). The van der Waals surface area contributed by atoms with Gasteiger partial charge in [-0.25, -0.2) is 9.59 Å². The number of nitrogens with zero attached hydrogens (tertiary/aromatic N) is 2. The molecule has 0 spiro atoms. The minimum absolute atomic E-state index is 0.0900. The minimum atomic E-state index is -2.27. The van der Waals surface area contributed by atoms with Crippen LogP contribution in [-0.4, -0.2) is 113 Å². The van der Waals surface area contributed by atoms with Crippen molar-refractivity contribution in [3.05, 3.63) is 131 Å². The standard InChI is InChI=1S/2C21H27NO2.C4H6O6/c2*1-16(21(24)19-7-9-20(23)10-8-19)22-13-11-18(12-14-22)15-17-5-3-2-4-6-17;5-1(3(7)8)2(6)4(9)10/h2*2-10,16,18,21,23-24H,11-15H2,1H3;1-2,5-6H,(H,7,8)(H,9,10)/t2*16-,21-;1-,2-/m001/s1. The Balaban J connectivity index is 0.000000209. The number of hydrogen-bond donors (Lipinski definition) is 8. The first-order valence-corrected chi connectivity index (χ1v) is 20.0. The van der Waals surface area contributed by atoms with Crippen molar-refractivity contribution in [1.29, 1.82) is 0 Å². The van der Waals surface area contributed by atoms with Crippen molar-refractivity contribution in [2.75, 3.05) is 26.2 Å². The molecule has 12 nitrogen and oxygen atoms in total. The smallest absolute Gasteiger partial charge is 0.335 e. The largest absolute Gasteiger partial charge is 0.508 e. The minimum Gasteiger partial charge on any atom is -0.508 e. The van der Waals surface area contributed by atoms with Gasteiger partial charge < -0.3 is 40.9 Å². The molecule has 0 aliphatic carbocycles. The van der Waals surface area contributed by atoms with Gasteiger partial charge >= 0.3 is 11.9 Å². The van der Waals surface area contributed by atoms with Crippen molar-refractivity contribution >= 4 is 11.9 Å². The molecule has 0 radical (unpaired) electrons. The van der Waals surface area contributed by atoms with E-state index in [4.69, 9.17) is 20.4 Å². The number of likely N-dealkylation sites (tertiary alicyclic amines) is 2. The number of hydrogen-bond acceptors (Lipinski definition) is 10. The number of benzene rings is 4. The fourth-order valence-corrected chi connectivity index (χ4v) is 7.59. The summed E-state index contributed by atoms with van der Waals surface area (Å²) in [6, 6.07) is 35.4. The van der Waals surface area contributed by atoms with E-state index in [-0.39, 0.29) is 23.6 Å². The van der Waals surface area contributed by atoms with Crippen molar-refractivity contribution in [2.45, 2.75) is 88.9 Å². The number of aliphatic carboxylic acids is 2. The lowest BCUT2D eigenvalue weighted by atomic mass is 9.89. The first kappa shape index (κ1) is 45.9. The summed E-state index contributed by atoms with van der Waals surface area (Å²) in [7, 11) is 0. The molecule has 2 aliphatic rings. The molecule has 58 heavy (non-hydrogen) atoms. The van der Waals surface area contributed by atoms with Crippen LogP contribution in [0.3, 0.4) is 0 Å². The van der Waals surface area contributed by atoms with Crippen LogP contribution < -0.4 is 0 Å². The second-order valence-electron chi connectivity index (χ2n) is 15.5. The Bertz CT molecular complexity index is 1650. The zero-order valence-corrected chi connectivity index (χ0v) is 33.4. The molecule has 314 valence electrons. The quantitative estimate of drug-likeness (QED) is 0.0856. The number of carbonyl (C=O) groups is 2. The molecule has 8 N–H and O–H groups in total. The summed E-state index contributed by atoms with van der Waals surface area (Å²) in [4.78, 5) is 24.3. The lowest BCUT2D eigenvalue weighted by Gasteiger charge is -2.38. The molecule has 0 saturated carbocycles. The van der Waals surface area contributed by atoms with E-state index in [9.17, 15) is 30.0 Å². The average molecular weight is 801 g/mol. The van der Waals surface area contributed by atoms with Crippen molar-refractivity contribution in [3.8, 4) is 11.5 Å². The monoisotopic (exact) mass is 800 g/mol. The number of carboxylic acids is 2. The Morgan fingerprint density at radius 3 is 1.09 bits per heavy atom. The van der Waals surface area contributed by atoms with Crippen LogP contribution in [0.2, 0.25) is 0 Å². The Morgan fingerprint density at radius 2 is 0.810 bits per heavy atom. The van der Waals surface area contributed by atoms with E-state index < -0.39 is 36.4 Å². The van der Waals surface area contributed by atoms with Crippen LogP contribution in [0.5, 0.6) is 11.5 Å². The first-order valence-electron chi connectivity index (χ1n) is 20.0. The van der Waals surface area contributed by atoms with Gasteiger partial charge in [0.05, 0.1) is 12.2 Å². The number of aliphatic hydroxyl groups is 4. The molecule has 2 saturated heterocycles. The third-order valence-electron chi connectivity index (χ3n) is 11.4. The predicted molar refractivity (Wildman–Crippen MR) is 221 cm³/mol. The summed E-state index contributed by atoms with van der Waals surface area (Å²) >= 11 is 0. The van der Waals surface area contributed by atoms with Gasteiger partial charge in [-0.2, -0.15) is 0 Å².